The summed E-state index contributed by atoms with van der Waals surface area (Å²) in [7, 11) is 0. The van der Waals surface area contributed by atoms with E-state index >= 15 is 0 Å². The van der Waals surface area contributed by atoms with Crippen LogP contribution in [0.1, 0.15) is 39.6 Å². The fraction of sp³-hybridized carbons (Fsp3) is 0.107. The number of halogens is 6. The second-order valence-electron chi connectivity index (χ2n) is 8.18. The first-order valence-electron chi connectivity index (χ1n) is 11.8. The van der Waals surface area contributed by atoms with Crippen LogP contribution in [0.3, 0.4) is 0 Å². The van der Waals surface area contributed by atoms with Gasteiger partial charge in [-0.1, -0.05) is 24.3 Å². The van der Waals surface area contributed by atoms with Crippen molar-refractivity contribution in [2.75, 3.05) is 0 Å². The number of rotatable bonds is 7. The average molecular weight is 650 g/mol. The molecule has 4 rings (SSSR count). The molecular formula is C28H20CuF6N6O2. The number of hydrogen-bond donors (Lipinski definition) is 1. The van der Waals surface area contributed by atoms with Crippen molar-refractivity contribution in [3.05, 3.63) is 131 Å². The van der Waals surface area contributed by atoms with E-state index in [9.17, 15) is 36.6 Å². The smallest absolute Gasteiger partial charge is 0.857 e. The molecule has 8 nitrogen and oxygen atoms in total. The third-order valence-electron chi connectivity index (χ3n) is 5.12. The molecule has 0 aliphatic heterocycles. The van der Waals surface area contributed by atoms with E-state index in [0.29, 0.717) is 11.1 Å². The van der Waals surface area contributed by atoms with Gasteiger partial charge in [-0.25, -0.2) is 0 Å². The fourth-order valence-electron chi connectivity index (χ4n) is 3.08. The van der Waals surface area contributed by atoms with Crippen LogP contribution in [0.5, 0.6) is 0 Å². The van der Waals surface area contributed by atoms with E-state index in [2.05, 4.69) is 30.7 Å². The van der Waals surface area contributed by atoms with Gasteiger partial charge in [-0.15, -0.1) is 0 Å². The standard InChI is InChI=1S/C14H11F3N3O.C14H10F3N3O.Cu/c2*15-14(16,17)12-3-1-2-10(8-12)9-19-20-13(21)11-4-6-18-7-5-11;/h1-9,13,20H;1-9H,(H,20,21);/q-1;;+2/p-1/b2*19-9-;. The van der Waals surface area contributed by atoms with Crippen molar-refractivity contribution in [3.63, 3.8) is 0 Å². The topological polar surface area (TPSA) is 121 Å². The molecule has 15 heteroatoms. The Morgan fingerprint density at radius 1 is 0.744 bits per heavy atom. The summed E-state index contributed by atoms with van der Waals surface area (Å²) in [6.07, 6.45) is -2.08. The maximum Gasteiger partial charge on any atom is 2.00 e. The van der Waals surface area contributed by atoms with Gasteiger partial charge in [0.25, 0.3) is 0 Å². The van der Waals surface area contributed by atoms with E-state index in [0.717, 1.165) is 30.5 Å². The van der Waals surface area contributed by atoms with Gasteiger partial charge in [0.15, 0.2) is 0 Å². The maximum atomic E-state index is 12.5. The van der Waals surface area contributed by atoms with Crippen LogP contribution in [0.4, 0.5) is 26.3 Å². The number of nitrogens with one attached hydrogen (secondary N) is 1. The van der Waals surface area contributed by atoms with Gasteiger partial charge in [0.2, 0.25) is 0 Å². The molecule has 2 aromatic heterocycles. The minimum absolute atomic E-state index is 0. The molecule has 4 aromatic rings. The Morgan fingerprint density at radius 3 is 1.74 bits per heavy atom. The summed E-state index contributed by atoms with van der Waals surface area (Å²) in [5.41, 5.74) is 1.95. The van der Waals surface area contributed by atoms with Crippen molar-refractivity contribution < 1.29 is 53.6 Å². The molecule has 0 aliphatic rings. The van der Waals surface area contributed by atoms with Gasteiger partial charge >= 0.3 is 29.4 Å². The van der Waals surface area contributed by atoms with E-state index in [1.54, 1.807) is 0 Å². The molecule has 2 aromatic carbocycles. The first kappa shape index (κ1) is 34.6. The number of alkyl halides is 6. The van der Waals surface area contributed by atoms with E-state index in [4.69, 9.17) is 0 Å². The van der Waals surface area contributed by atoms with Gasteiger partial charge in [-0.2, -0.15) is 41.6 Å². The number of hydrazone groups is 1. The van der Waals surface area contributed by atoms with Gasteiger partial charge in [-0.05, 0) is 77.0 Å². The van der Waals surface area contributed by atoms with Gasteiger partial charge in [0.05, 0.1) is 23.6 Å². The van der Waals surface area contributed by atoms with Gasteiger partial charge < -0.3 is 15.6 Å². The molecule has 2 heterocycles. The molecule has 0 aliphatic carbocycles. The third kappa shape index (κ3) is 11.7. The molecule has 1 atom stereocenters. The quantitative estimate of drug-likeness (QED) is 0.0799. The Balaban J connectivity index is 0.000000293. The Hall–Kier alpha value is -4.59. The SMILES string of the molecule is [Cu+2].[O-]/C(=N\N=C/c1cccc(C(F)(F)F)c1)c1ccncc1.[O-]C(N/N=C\c1cccc(C(F)(F)F)c1)c1ccncc1. The number of nitrogens with zero attached hydrogens (tertiary/aromatic N) is 5. The molecule has 0 bridgehead atoms. The summed E-state index contributed by atoms with van der Waals surface area (Å²) in [6.45, 7) is 0. The van der Waals surface area contributed by atoms with Crippen molar-refractivity contribution in [1.29, 1.82) is 0 Å². The van der Waals surface area contributed by atoms with Crippen LogP contribution in [0.25, 0.3) is 0 Å². The van der Waals surface area contributed by atoms with Gasteiger partial charge in [-0.3, -0.25) is 9.97 Å². The summed E-state index contributed by atoms with van der Waals surface area (Å²) in [5, 5.41) is 33.9. The summed E-state index contributed by atoms with van der Waals surface area (Å²) in [5.74, 6) is -0.597. The first-order valence-corrected chi connectivity index (χ1v) is 11.8. The predicted molar refractivity (Wildman–Crippen MR) is 139 cm³/mol. The monoisotopic (exact) mass is 649 g/mol. The predicted octanol–water partition coefficient (Wildman–Crippen LogP) is 4.32. The molecule has 0 saturated heterocycles. The summed E-state index contributed by atoms with van der Waals surface area (Å²) < 4.78 is 75.1. The molecular weight excluding hydrogens is 630 g/mol. The number of aromatic nitrogens is 2. The number of pyridine rings is 2. The molecule has 1 radical (unpaired) electrons. The summed E-state index contributed by atoms with van der Waals surface area (Å²) in [4.78, 5) is 7.53. The Kier molecular flexibility index (Phi) is 13.0. The molecule has 1 unspecified atom stereocenters. The molecule has 1 N–H and O–H groups in total. The van der Waals surface area contributed by atoms with Gasteiger partial charge in [0, 0.05) is 30.7 Å². The van der Waals surface area contributed by atoms with Crippen molar-refractivity contribution in [1.82, 2.24) is 15.4 Å². The number of benzene rings is 2. The molecule has 0 saturated carbocycles. The Labute approximate surface area is 252 Å². The zero-order valence-corrected chi connectivity index (χ0v) is 22.5. The van der Waals surface area contributed by atoms with Crippen LogP contribution in [0.2, 0.25) is 0 Å². The van der Waals surface area contributed by atoms with E-state index in [1.165, 1.54) is 79.5 Å². The van der Waals surface area contributed by atoms with Crippen molar-refractivity contribution in [3.8, 4) is 0 Å². The van der Waals surface area contributed by atoms with E-state index in [1.807, 2.05) is 0 Å². The maximum absolute atomic E-state index is 12.5. The van der Waals surface area contributed by atoms with E-state index < -0.39 is 35.6 Å². The molecule has 43 heavy (non-hydrogen) atoms. The van der Waals surface area contributed by atoms with E-state index in [-0.39, 0.29) is 28.2 Å². The van der Waals surface area contributed by atoms with Crippen LogP contribution >= 0.6 is 0 Å². The van der Waals surface area contributed by atoms with Crippen molar-refractivity contribution in [2.24, 2.45) is 15.3 Å². The van der Waals surface area contributed by atoms with Crippen LogP contribution in [-0.4, -0.2) is 28.3 Å². The third-order valence-corrected chi connectivity index (χ3v) is 5.12. The largest absolute Gasteiger partial charge is 2.00 e. The molecule has 0 fully saturated rings. The average Bonchev–Trinajstić information content (AvgIpc) is 2.98. The van der Waals surface area contributed by atoms with Gasteiger partial charge in [0.1, 0.15) is 0 Å². The molecule has 0 spiro atoms. The molecule has 0 amide bonds. The minimum Gasteiger partial charge on any atom is -0.857 e. The van der Waals surface area contributed by atoms with Crippen LogP contribution in [0, 0.1) is 0 Å². The zero-order chi connectivity index (χ0) is 30.6. The van der Waals surface area contributed by atoms with Crippen molar-refractivity contribution in [2.45, 2.75) is 18.6 Å². The summed E-state index contributed by atoms with van der Waals surface area (Å²) in [6, 6.07) is 15.2. The van der Waals surface area contributed by atoms with Crippen molar-refractivity contribution >= 4 is 18.3 Å². The zero-order valence-electron chi connectivity index (χ0n) is 21.6. The minimum atomic E-state index is -4.42. The normalized spacial score (nSPS) is 12.8. The van der Waals surface area contributed by atoms with Crippen LogP contribution < -0.4 is 15.6 Å². The van der Waals surface area contributed by atoms with Crippen LogP contribution in [0.15, 0.2) is 113 Å². The Bertz CT molecular complexity index is 1520. The summed E-state index contributed by atoms with van der Waals surface area (Å²) >= 11 is 0. The molecule has 227 valence electrons. The number of hydrogen-bond acceptors (Lipinski definition) is 8. The second-order valence-corrected chi connectivity index (χ2v) is 8.18. The fourth-order valence-corrected chi connectivity index (χ4v) is 3.08. The first-order chi connectivity index (χ1) is 19.9. The second kappa shape index (κ2) is 16.2. The Morgan fingerprint density at radius 2 is 1.23 bits per heavy atom. The van der Waals surface area contributed by atoms with Crippen LogP contribution in [-0.2, 0) is 29.4 Å².